The van der Waals surface area contributed by atoms with Crippen LogP contribution in [0, 0.1) is 0 Å². The van der Waals surface area contributed by atoms with Crippen molar-refractivity contribution in [3.63, 3.8) is 0 Å². The number of aliphatic hydroxyl groups is 1. The first-order valence-electron chi connectivity index (χ1n) is 8.86. The van der Waals surface area contributed by atoms with E-state index < -0.39 is 12.1 Å². The Morgan fingerprint density at radius 3 is 2.48 bits per heavy atom. The van der Waals surface area contributed by atoms with Crippen LogP contribution in [0.15, 0.2) is 60.8 Å². The SMILES string of the molecule is CC(C)NCC(O)COc1cccc2[nH]ccc12.O=C(O)c1ccccc1. The fourth-order valence-electron chi connectivity index (χ4n) is 2.38. The highest BCUT2D eigenvalue weighted by molar-refractivity contribution is 5.87. The van der Waals surface area contributed by atoms with Gasteiger partial charge in [-0.15, -0.1) is 0 Å². The van der Waals surface area contributed by atoms with E-state index in [2.05, 4.69) is 10.3 Å². The number of nitrogens with one attached hydrogen (secondary N) is 2. The molecule has 0 spiro atoms. The first-order chi connectivity index (χ1) is 13.0. The summed E-state index contributed by atoms with van der Waals surface area (Å²) >= 11 is 0. The second kappa shape index (κ2) is 10.4. The van der Waals surface area contributed by atoms with E-state index in [1.54, 1.807) is 30.3 Å². The van der Waals surface area contributed by atoms with E-state index in [0.29, 0.717) is 24.8 Å². The molecule has 4 N–H and O–H groups in total. The number of aliphatic hydroxyl groups excluding tert-OH is 1. The van der Waals surface area contributed by atoms with E-state index >= 15 is 0 Å². The van der Waals surface area contributed by atoms with Gasteiger partial charge in [0, 0.05) is 29.7 Å². The maximum absolute atomic E-state index is 10.2. The van der Waals surface area contributed by atoms with Crippen molar-refractivity contribution in [1.29, 1.82) is 0 Å². The van der Waals surface area contributed by atoms with E-state index in [9.17, 15) is 9.90 Å². The van der Waals surface area contributed by atoms with E-state index in [-0.39, 0.29) is 0 Å². The van der Waals surface area contributed by atoms with Crippen molar-refractivity contribution >= 4 is 16.9 Å². The largest absolute Gasteiger partial charge is 0.490 e. The molecule has 2 aromatic carbocycles. The standard InChI is InChI=1S/C14H20N2O2.C7H6O2/c1-10(2)16-8-11(17)9-18-14-5-3-4-13-12(14)6-7-15-13;8-7(9)6-4-2-1-3-5-6/h3-7,10-11,15-17H,8-9H2,1-2H3;1-5H,(H,8,9). The van der Waals surface area contributed by atoms with E-state index in [0.717, 1.165) is 16.7 Å². The van der Waals surface area contributed by atoms with Crippen molar-refractivity contribution in [3.05, 3.63) is 66.4 Å². The minimum absolute atomic E-state index is 0.296. The second-order valence-corrected chi connectivity index (χ2v) is 6.39. The van der Waals surface area contributed by atoms with Crippen molar-refractivity contribution < 1.29 is 19.7 Å². The Bertz CT molecular complexity index is 830. The lowest BCUT2D eigenvalue weighted by Crippen LogP contribution is -2.35. The van der Waals surface area contributed by atoms with Gasteiger partial charge < -0.3 is 25.3 Å². The Morgan fingerprint density at radius 1 is 1.11 bits per heavy atom. The maximum atomic E-state index is 10.2. The number of carboxylic acid groups (broad SMARTS) is 1. The molecule has 1 atom stereocenters. The summed E-state index contributed by atoms with van der Waals surface area (Å²) in [4.78, 5) is 13.3. The summed E-state index contributed by atoms with van der Waals surface area (Å²) in [5.74, 6) is -0.0760. The number of carboxylic acids is 1. The van der Waals surface area contributed by atoms with Crippen LogP contribution in [0.2, 0.25) is 0 Å². The molecule has 0 aliphatic heterocycles. The number of hydrogen-bond acceptors (Lipinski definition) is 4. The first kappa shape index (κ1) is 20.5. The molecule has 1 heterocycles. The summed E-state index contributed by atoms with van der Waals surface area (Å²) in [5, 5.41) is 22.4. The number of benzene rings is 2. The molecule has 1 aromatic heterocycles. The van der Waals surface area contributed by atoms with Gasteiger partial charge in [0.15, 0.2) is 0 Å². The van der Waals surface area contributed by atoms with Crippen LogP contribution < -0.4 is 10.1 Å². The number of fused-ring (bicyclic) bond motifs is 1. The van der Waals surface area contributed by atoms with E-state index in [4.69, 9.17) is 9.84 Å². The van der Waals surface area contributed by atoms with Gasteiger partial charge in [0.25, 0.3) is 0 Å². The zero-order chi connectivity index (χ0) is 19.6. The summed E-state index contributed by atoms with van der Waals surface area (Å²) in [6, 6.07) is 16.5. The summed E-state index contributed by atoms with van der Waals surface area (Å²) < 4.78 is 5.66. The first-order valence-corrected chi connectivity index (χ1v) is 8.86. The maximum Gasteiger partial charge on any atom is 0.335 e. The number of rotatable bonds is 7. The molecule has 0 fully saturated rings. The molecule has 0 aliphatic carbocycles. The molecule has 0 radical (unpaired) electrons. The summed E-state index contributed by atoms with van der Waals surface area (Å²) in [6.45, 7) is 4.94. The molecule has 3 aromatic rings. The minimum atomic E-state index is -0.879. The molecule has 0 saturated heterocycles. The summed E-state index contributed by atoms with van der Waals surface area (Å²) in [6.07, 6.45) is 1.38. The van der Waals surface area contributed by atoms with E-state index in [1.807, 2.05) is 44.3 Å². The highest BCUT2D eigenvalue weighted by Gasteiger charge is 2.08. The lowest BCUT2D eigenvalue weighted by Gasteiger charge is -2.15. The molecule has 0 saturated carbocycles. The average Bonchev–Trinajstić information content (AvgIpc) is 3.15. The van der Waals surface area contributed by atoms with Crippen LogP contribution in [0.5, 0.6) is 5.75 Å². The Hall–Kier alpha value is -2.83. The van der Waals surface area contributed by atoms with E-state index in [1.165, 1.54) is 0 Å². The zero-order valence-electron chi connectivity index (χ0n) is 15.6. The van der Waals surface area contributed by atoms with Crippen LogP contribution in [-0.4, -0.2) is 46.5 Å². The Kier molecular flexibility index (Phi) is 7.85. The van der Waals surface area contributed by atoms with Crippen molar-refractivity contribution in [2.75, 3.05) is 13.2 Å². The smallest absolute Gasteiger partial charge is 0.335 e. The van der Waals surface area contributed by atoms with Crippen molar-refractivity contribution in [1.82, 2.24) is 10.3 Å². The lowest BCUT2D eigenvalue weighted by atomic mass is 10.2. The number of hydrogen-bond donors (Lipinski definition) is 4. The number of ether oxygens (including phenoxy) is 1. The van der Waals surface area contributed by atoms with Gasteiger partial charge >= 0.3 is 5.97 Å². The third kappa shape index (κ3) is 6.77. The minimum Gasteiger partial charge on any atom is -0.490 e. The molecule has 6 nitrogen and oxygen atoms in total. The molecule has 0 aliphatic rings. The molecular formula is C21H26N2O4. The van der Waals surface area contributed by atoms with Crippen molar-refractivity contribution in [3.8, 4) is 5.75 Å². The van der Waals surface area contributed by atoms with Crippen LogP contribution >= 0.6 is 0 Å². The number of carbonyl (C=O) groups is 1. The molecule has 0 amide bonds. The average molecular weight is 370 g/mol. The van der Waals surface area contributed by atoms with Gasteiger partial charge in [-0.25, -0.2) is 4.79 Å². The molecule has 0 bridgehead atoms. The topological polar surface area (TPSA) is 94.6 Å². The summed E-state index contributed by atoms with van der Waals surface area (Å²) in [5.41, 5.74) is 1.37. The quantitative estimate of drug-likeness (QED) is 0.512. The number of aromatic carboxylic acids is 1. The van der Waals surface area contributed by atoms with Crippen LogP contribution in [0.3, 0.4) is 0 Å². The highest BCUT2D eigenvalue weighted by Crippen LogP contribution is 2.24. The molecule has 1 unspecified atom stereocenters. The lowest BCUT2D eigenvalue weighted by molar-refractivity contribution is 0.0697. The van der Waals surface area contributed by atoms with Crippen LogP contribution in [-0.2, 0) is 0 Å². The van der Waals surface area contributed by atoms with Crippen LogP contribution in [0.1, 0.15) is 24.2 Å². The fraction of sp³-hybridized carbons (Fsp3) is 0.286. The van der Waals surface area contributed by atoms with Crippen LogP contribution in [0.25, 0.3) is 10.9 Å². The second-order valence-electron chi connectivity index (χ2n) is 6.39. The molecule has 6 heteroatoms. The van der Waals surface area contributed by atoms with Crippen molar-refractivity contribution in [2.24, 2.45) is 0 Å². The Morgan fingerprint density at radius 2 is 1.85 bits per heavy atom. The van der Waals surface area contributed by atoms with Gasteiger partial charge in [-0.2, -0.15) is 0 Å². The third-order valence-corrected chi connectivity index (χ3v) is 3.77. The van der Waals surface area contributed by atoms with Gasteiger partial charge in [-0.05, 0) is 30.3 Å². The van der Waals surface area contributed by atoms with Gasteiger partial charge in [-0.1, -0.05) is 38.1 Å². The van der Waals surface area contributed by atoms with Crippen LogP contribution in [0.4, 0.5) is 0 Å². The van der Waals surface area contributed by atoms with Gasteiger partial charge in [0.2, 0.25) is 0 Å². The molecule has 27 heavy (non-hydrogen) atoms. The van der Waals surface area contributed by atoms with Gasteiger partial charge in [-0.3, -0.25) is 0 Å². The van der Waals surface area contributed by atoms with Gasteiger partial charge in [0.1, 0.15) is 18.5 Å². The number of aromatic nitrogens is 1. The summed E-state index contributed by atoms with van der Waals surface area (Å²) in [7, 11) is 0. The van der Waals surface area contributed by atoms with Crippen molar-refractivity contribution in [2.45, 2.75) is 26.0 Å². The molecule has 144 valence electrons. The molecule has 3 rings (SSSR count). The number of H-pyrrole nitrogens is 1. The highest BCUT2D eigenvalue weighted by atomic mass is 16.5. The number of aromatic amines is 1. The fourth-order valence-corrected chi connectivity index (χ4v) is 2.38. The third-order valence-electron chi connectivity index (χ3n) is 3.77. The monoisotopic (exact) mass is 370 g/mol. The Labute approximate surface area is 158 Å². The molecular weight excluding hydrogens is 344 g/mol. The Balaban J connectivity index is 0.000000244. The van der Waals surface area contributed by atoms with Gasteiger partial charge in [0.05, 0.1) is 5.56 Å². The predicted molar refractivity (Wildman–Crippen MR) is 106 cm³/mol. The zero-order valence-corrected chi connectivity index (χ0v) is 15.6. The predicted octanol–water partition coefficient (Wildman–Crippen LogP) is 3.29. The normalized spacial score (nSPS) is 11.7.